The van der Waals surface area contributed by atoms with E-state index in [2.05, 4.69) is 10.6 Å². The monoisotopic (exact) mass is 439 g/mol. The van der Waals surface area contributed by atoms with E-state index in [0.717, 1.165) is 12.0 Å². The Kier molecular flexibility index (Phi) is 7.83. The first-order chi connectivity index (χ1) is 15.4. The number of rotatable bonds is 9. The van der Waals surface area contributed by atoms with Crippen LogP contribution in [0.15, 0.2) is 54.6 Å². The molecule has 170 valence electrons. The molecule has 1 saturated heterocycles. The van der Waals surface area contributed by atoms with Crippen LogP contribution in [0.25, 0.3) is 0 Å². The second kappa shape index (κ2) is 10.8. The van der Waals surface area contributed by atoms with E-state index in [1.165, 1.54) is 12.0 Å². The summed E-state index contributed by atoms with van der Waals surface area (Å²) >= 11 is 0. The zero-order valence-electron chi connectivity index (χ0n) is 18.5. The third-order valence-corrected chi connectivity index (χ3v) is 5.35. The number of nitrogens with one attached hydrogen (secondary N) is 2. The summed E-state index contributed by atoms with van der Waals surface area (Å²) in [5.41, 5.74) is 2.16. The number of methoxy groups -OCH3 is 1. The molecule has 32 heavy (non-hydrogen) atoms. The van der Waals surface area contributed by atoms with Gasteiger partial charge in [0.2, 0.25) is 11.8 Å². The number of benzene rings is 2. The van der Waals surface area contributed by atoms with E-state index < -0.39 is 18.2 Å². The fourth-order valence-electron chi connectivity index (χ4n) is 3.50. The van der Waals surface area contributed by atoms with Crippen molar-refractivity contribution in [2.75, 3.05) is 19.0 Å². The molecule has 3 amide bonds. The molecular weight excluding hydrogens is 410 g/mol. The fourth-order valence-corrected chi connectivity index (χ4v) is 3.50. The summed E-state index contributed by atoms with van der Waals surface area (Å²) in [4.78, 5) is 39.1. The van der Waals surface area contributed by atoms with Gasteiger partial charge >= 0.3 is 6.09 Å². The van der Waals surface area contributed by atoms with Crippen molar-refractivity contribution in [2.24, 2.45) is 0 Å². The van der Waals surface area contributed by atoms with E-state index in [-0.39, 0.29) is 31.0 Å². The van der Waals surface area contributed by atoms with Crippen LogP contribution >= 0.6 is 0 Å². The van der Waals surface area contributed by atoms with Crippen molar-refractivity contribution in [3.63, 3.8) is 0 Å². The summed E-state index contributed by atoms with van der Waals surface area (Å²) < 4.78 is 10.5. The van der Waals surface area contributed by atoms with Crippen LogP contribution in [0.3, 0.4) is 0 Å². The molecule has 0 saturated carbocycles. The predicted octanol–water partition coefficient (Wildman–Crippen LogP) is 3.25. The first kappa shape index (κ1) is 23.3. The maximum Gasteiger partial charge on any atom is 0.411 e. The number of ether oxygens (including phenoxy) is 2. The van der Waals surface area contributed by atoms with Gasteiger partial charge < -0.3 is 20.1 Å². The molecule has 1 fully saturated rings. The van der Waals surface area contributed by atoms with Crippen LogP contribution in [-0.4, -0.2) is 48.6 Å². The lowest BCUT2D eigenvalue weighted by molar-refractivity contribution is -0.127. The lowest BCUT2D eigenvalue weighted by Crippen LogP contribution is -2.48. The number of anilines is 1. The number of carbonyl (C=O) groups is 3. The third-order valence-electron chi connectivity index (χ3n) is 5.35. The average Bonchev–Trinajstić information content (AvgIpc) is 3.11. The highest BCUT2D eigenvalue weighted by Crippen LogP contribution is 2.34. The van der Waals surface area contributed by atoms with Crippen molar-refractivity contribution in [2.45, 2.75) is 45.0 Å². The van der Waals surface area contributed by atoms with Crippen LogP contribution < -0.4 is 10.6 Å². The van der Waals surface area contributed by atoms with Crippen molar-refractivity contribution in [3.8, 4) is 0 Å². The number of cyclic esters (lactones) is 1. The number of carbonyl (C=O) groups excluding carboxylic acids is 3. The molecule has 0 bridgehead atoms. The molecule has 2 N–H and O–H groups in total. The molecule has 3 rings (SSSR count). The van der Waals surface area contributed by atoms with Crippen LogP contribution in [0.4, 0.5) is 10.5 Å². The summed E-state index contributed by atoms with van der Waals surface area (Å²) in [6.07, 6.45) is -0.536. The van der Waals surface area contributed by atoms with E-state index in [1.54, 1.807) is 24.3 Å². The van der Waals surface area contributed by atoms with Crippen LogP contribution in [0.5, 0.6) is 0 Å². The van der Waals surface area contributed by atoms with Crippen LogP contribution in [0.1, 0.15) is 37.5 Å². The van der Waals surface area contributed by atoms with E-state index in [4.69, 9.17) is 9.47 Å². The van der Waals surface area contributed by atoms with Crippen LogP contribution in [0, 0.1) is 0 Å². The van der Waals surface area contributed by atoms with E-state index in [1.807, 2.05) is 44.2 Å². The number of nitrogens with zero attached hydrogens (tertiary/aromatic N) is 1. The highest BCUT2D eigenvalue weighted by atomic mass is 16.6. The Labute approximate surface area is 187 Å². The molecule has 8 nitrogen and oxygen atoms in total. The van der Waals surface area contributed by atoms with Gasteiger partial charge in [0.25, 0.3) is 0 Å². The standard InChI is InChI=1S/C24H29N3O5/c1-4-16(2)25-23(29)21-22(18-10-12-19(13-11-18)26-20(28)15-31-3)32-24(30)27(21)14-17-8-6-5-7-9-17/h5-13,16,21-22H,4,14-15H2,1-3H3,(H,25,29)(H,26,28)/t16-,21+,22-/m0/s1. The zero-order chi connectivity index (χ0) is 23.1. The second-order valence-electron chi connectivity index (χ2n) is 7.78. The highest BCUT2D eigenvalue weighted by Gasteiger charge is 2.47. The van der Waals surface area contributed by atoms with Crippen molar-refractivity contribution in [1.29, 1.82) is 0 Å². The first-order valence-electron chi connectivity index (χ1n) is 10.6. The maximum absolute atomic E-state index is 13.2. The summed E-state index contributed by atoms with van der Waals surface area (Å²) in [6, 6.07) is 15.5. The fraction of sp³-hybridized carbons (Fsp3) is 0.375. The van der Waals surface area contributed by atoms with Gasteiger partial charge in [0.05, 0.1) is 6.54 Å². The molecule has 8 heteroatoms. The Morgan fingerprint density at radius 2 is 1.81 bits per heavy atom. The van der Waals surface area contributed by atoms with Gasteiger partial charge in [-0.25, -0.2) is 4.79 Å². The smallest absolute Gasteiger partial charge is 0.411 e. The van der Waals surface area contributed by atoms with Crippen molar-refractivity contribution >= 4 is 23.6 Å². The van der Waals surface area contributed by atoms with Gasteiger partial charge in [-0.05, 0) is 36.6 Å². The summed E-state index contributed by atoms with van der Waals surface area (Å²) in [6.45, 7) is 4.12. The van der Waals surface area contributed by atoms with Gasteiger partial charge in [0.15, 0.2) is 12.1 Å². The first-order valence-corrected chi connectivity index (χ1v) is 10.6. The molecule has 0 aromatic heterocycles. The van der Waals surface area contributed by atoms with E-state index >= 15 is 0 Å². The predicted molar refractivity (Wildman–Crippen MR) is 120 cm³/mol. The normalized spacial score (nSPS) is 18.7. The molecule has 1 aliphatic rings. The summed E-state index contributed by atoms with van der Waals surface area (Å²) in [5, 5.41) is 5.69. The molecular formula is C24H29N3O5. The van der Waals surface area contributed by atoms with Crippen molar-refractivity contribution < 1.29 is 23.9 Å². The van der Waals surface area contributed by atoms with Gasteiger partial charge in [0, 0.05) is 18.8 Å². The molecule has 0 radical (unpaired) electrons. The molecule has 0 aliphatic carbocycles. The Morgan fingerprint density at radius 1 is 1.12 bits per heavy atom. The summed E-state index contributed by atoms with van der Waals surface area (Å²) in [7, 11) is 1.45. The minimum atomic E-state index is -0.814. The molecule has 0 unspecified atom stereocenters. The van der Waals surface area contributed by atoms with Crippen LogP contribution in [-0.2, 0) is 25.6 Å². The van der Waals surface area contributed by atoms with Gasteiger partial charge in [-0.2, -0.15) is 0 Å². The Morgan fingerprint density at radius 3 is 2.44 bits per heavy atom. The van der Waals surface area contributed by atoms with Gasteiger partial charge in [0.1, 0.15) is 6.61 Å². The highest BCUT2D eigenvalue weighted by molar-refractivity contribution is 5.92. The second-order valence-corrected chi connectivity index (χ2v) is 7.78. The molecule has 1 heterocycles. The average molecular weight is 440 g/mol. The maximum atomic E-state index is 13.2. The van der Waals surface area contributed by atoms with Gasteiger partial charge in [-0.3, -0.25) is 14.5 Å². The molecule has 1 aliphatic heterocycles. The summed E-state index contributed by atoms with van der Waals surface area (Å²) in [5.74, 6) is -0.531. The minimum Gasteiger partial charge on any atom is -0.438 e. The zero-order valence-corrected chi connectivity index (χ0v) is 18.5. The molecule has 0 spiro atoms. The SMILES string of the molecule is CC[C@H](C)NC(=O)[C@H]1[C@H](c2ccc(NC(=O)COC)cc2)OC(=O)N1Cc1ccccc1. The lowest BCUT2D eigenvalue weighted by Gasteiger charge is -2.25. The van der Waals surface area contributed by atoms with Crippen molar-refractivity contribution in [3.05, 3.63) is 65.7 Å². The number of amides is 3. The topological polar surface area (TPSA) is 97.0 Å². The Bertz CT molecular complexity index is 932. The van der Waals surface area contributed by atoms with E-state index in [0.29, 0.717) is 11.3 Å². The Balaban J connectivity index is 1.85. The largest absolute Gasteiger partial charge is 0.438 e. The van der Waals surface area contributed by atoms with Gasteiger partial charge in [-0.1, -0.05) is 49.4 Å². The lowest BCUT2D eigenvalue weighted by atomic mass is 10.00. The molecule has 2 aromatic rings. The molecule has 3 atom stereocenters. The number of hydrogen-bond donors (Lipinski definition) is 2. The van der Waals surface area contributed by atoms with Gasteiger partial charge in [-0.15, -0.1) is 0 Å². The van der Waals surface area contributed by atoms with Crippen molar-refractivity contribution in [1.82, 2.24) is 10.2 Å². The van der Waals surface area contributed by atoms with E-state index in [9.17, 15) is 14.4 Å². The quantitative estimate of drug-likeness (QED) is 0.625. The minimum absolute atomic E-state index is 0.0317. The third kappa shape index (κ3) is 5.64. The van der Waals surface area contributed by atoms with Crippen LogP contribution in [0.2, 0.25) is 0 Å². The number of hydrogen-bond acceptors (Lipinski definition) is 5. The Hall–Kier alpha value is -3.39. The molecule has 2 aromatic carbocycles.